The van der Waals surface area contributed by atoms with E-state index in [0.29, 0.717) is 24.2 Å². The molecule has 0 amide bonds. The fourth-order valence-electron chi connectivity index (χ4n) is 8.25. The van der Waals surface area contributed by atoms with Crippen LogP contribution >= 0.6 is 0 Å². The maximum atomic E-state index is 13.4. The molecule has 1 N–H and O–H groups in total. The van der Waals surface area contributed by atoms with Crippen molar-refractivity contribution >= 4 is 5.78 Å². The van der Waals surface area contributed by atoms with Crippen LogP contribution in [-0.4, -0.2) is 37.4 Å². The van der Waals surface area contributed by atoms with Gasteiger partial charge in [-0.1, -0.05) is 6.92 Å². The summed E-state index contributed by atoms with van der Waals surface area (Å²) in [6.45, 7) is 2.54. The van der Waals surface area contributed by atoms with Crippen molar-refractivity contribution in [2.45, 2.75) is 83.0 Å². The number of carbonyl (C=O) groups is 1. The third-order valence-electron chi connectivity index (χ3n) is 9.71. The van der Waals surface area contributed by atoms with Crippen molar-refractivity contribution in [3.05, 3.63) is 12.7 Å². The summed E-state index contributed by atoms with van der Waals surface area (Å²) in [5.41, 5.74) is -2.52. The maximum Gasteiger partial charge on any atom is 0.417 e. The lowest BCUT2D eigenvalue weighted by atomic mass is 9.49. The molecule has 4 aliphatic rings. The van der Waals surface area contributed by atoms with Crippen molar-refractivity contribution in [1.82, 2.24) is 14.8 Å². The van der Waals surface area contributed by atoms with Crippen molar-refractivity contribution in [3.8, 4) is 0 Å². The molecule has 1 aromatic heterocycles. The number of nitrogens with zero attached hydrogens (tertiary/aromatic N) is 3. The average molecular weight is 440 g/mol. The van der Waals surface area contributed by atoms with Crippen LogP contribution in [-0.2, 0) is 11.3 Å². The number of fused-ring (bicyclic) bond motifs is 5. The van der Waals surface area contributed by atoms with Gasteiger partial charge < -0.3 is 5.11 Å². The Morgan fingerprint density at radius 3 is 2.58 bits per heavy atom. The number of aliphatic hydroxyl groups is 1. The van der Waals surface area contributed by atoms with Gasteiger partial charge in [0.1, 0.15) is 19.2 Å². The second-order valence-electron chi connectivity index (χ2n) is 10.9. The quantitative estimate of drug-likeness (QED) is 0.758. The lowest BCUT2D eigenvalue weighted by Gasteiger charge is -2.57. The molecule has 4 fully saturated rings. The van der Waals surface area contributed by atoms with Gasteiger partial charge in [-0.2, -0.15) is 18.3 Å². The highest BCUT2D eigenvalue weighted by Gasteiger charge is 2.62. The Kier molecular flexibility index (Phi) is 5.03. The first-order valence-corrected chi connectivity index (χ1v) is 11.8. The molecule has 8 heteroatoms. The number of carbonyl (C=O) groups excluding carboxylic acids is 1. The zero-order valence-electron chi connectivity index (χ0n) is 18.0. The highest BCUT2D eigenvalue weighted by atomic mass is 19.4. The lowest BCUT2D eigenvalue weighted by Crippen LogP contribution is -2.55. The molecule has 0 spiro atoms. The van der Waals surface area contributed by atoms with Gasteiger partial charge in [-0.3, -0.25) is 4.79 Å². The van der Waals surface area contributed by atoms with Crippen LogP contribution in [0, 0.1) is 40.9 Å². The van der Waals surface area contributed by atoms with Crippen LogP contribution < -0.4 is 0 Å². The third-order valence-corrected chi connectivity index (χ3v) is 9.71. The molecule has 1 aromatic rings. The summed E-state index contributed by atoms with van der Waals surface area (Å²) in [5, 5.41) is 14.3. The van der Waals surface area contributed by atoms with E-state index in [1.54, 1.807) is 11.0 Å². The van der Waals surface area contributed by atoms with E-state index in [9.17, 15) is 23.1 Å². The van der Waals surface area contributed by atoms with E-state index >= 15 is 0 Å². The number of halogens is 3. The SMILES string of the molecule is CC12CC[C@@H]3C4CC[C@](O)(C(F)(F)F)C[C@H]4CCC3[C@@H]1CC[C@@H]2C(=O)Cn1cncn1. The van der Waals surface area contributed by atoms with E-state index in [4.69, 9.17) is 0 Å². The molecule has 0 radical (unpaired) electrons. The van der Waals surface area contributed by atoms with Gasteiger partial charge in [-0.05, 0) is 92.8 Å². The summed E-state index contributed by atoms with van der Waals surface area (Å²) in [4.78, 5) is 17.0. The number of ketones is 1. The maximum absolute atomic E-state index is 13.4. The van der Waals surface area contributed by atoms with Gasteiger partial charge in [0.15, 0.2) is 11.4 Å². The highest BCUT2D eigenvalue weighted by molar-refractivity contribution is 5.82. The minimum absolute atomic E-state index is 0.0208. The van der Waals surface area contributed by atoms with Crippen molar-refractivity contribution < 1.29 is 23.1 Å². The number of hydrogen-bond acceptors (Lipinski definition) is 4. The molecule has 8 atom stereocenters. The van der Waals surface area contributed by atoms with Gasteiger partial charge in [0.2, 0.25) is 0 Å². The average Bonchev–Trinajstić information content (AvgIpc) is 3.33. The molecule has 0 saturated heterocycles. The Morgan fingerprint density at radius 2 is 1.87 bits per heavy atom. The van der Waals surface area contributed by atoms with Gasteiger partial charge >= 0.3 is 6.18 Å². The van der Waals surface area contributed by atoms with Crippen LogP contribution in [0.4, 0.5) is 13.2 Å². The van der Waals surface area contributed by atoms with Crippen molar-refractivity contribution in [1.29, 1.82) is 0 Å². The second kappa shape index (κ2) is 7.29. The molecule has 5 nitrogen and oxygen atoms in total. The molecule has 1 heterocycles. The summed E-state index contributed by atoms with van der Waals surface area (Å²) in [7, 11) is 0. The second-order valence-corrected chi connectivity index (χ2v) is 10.9. The van der Waals surface area contributed by atoms with Crippen LogP contribution in [0.3, 0.4) is 0 Å². The predicted molar refractivity (Wildman–Crippen MR) is 107 cm³/mol. The number of Topliss-reactive ketones (excluding diaryl/α,β-unsaturated/α-hetero) is 1. The Morgan fingerprint density at radius 1 is 1.10 bits per heavy atom. The molecule has 3 unspecified atom stereocenters. The number of hydrogen-bond donors (Lipinski definition) is 1. The van der Waals surface area contributed by atoms with Gasteiger partial charge in [0.05, 0.1) is 0 Å². The third kappa shape index (κ3) is 3.35. The van der Waals surface area contributed by atoms with Crippen LogP contribution in [0.5, 0.6) is 0 Å². The van der Waals surface area contributed by atoms with Gasteiger partial charge in [0, 0.05) is 5.92 Å². The molecule has 4 aliphatic carbocycles. The molecular formula is C23H32F3N3O2. The van der Waals surface area contributed by atoms with Crippen LogP contribution in [0.2, 0.25) is 0 Å². The number of rotatable bonds is 3. The first-order valence-electron chi connectivity index (χ1n) is 11.8. The Hall–Kier alpha value is -1.44. The van der Waals surface area contributed by atoms with E-state index in [2.05, 4.69) is 17.0 Å². The minimum Gasteiger partial charge on any atom is -0.380 e. The number of alkyl halides is 3. The molecule has 5 rings (SSSR count). The van der Waals surface area contributed by atoms with E-state index in [1.807, 2.05) is 0 Å². The standard InChI is InChI=1S/C23H32F3N3O2/c1-21-8-6-16-15-7-9-22(31,23(24,25)26)10-14(15)2-3-17(16)18(21)4-5-19(21)20(30)11-29-13-27-12-28-29/h12-19,31H,2-11H2,1H3/t14-,15?,16-,17?,18+,19-,21?,22-/m1/s1. The van der Waals surface area contributed by atoms with Crippen LogP contribution in [0.25, 0.3) is 0 Å². The molecule has 0 aliphatic heterocycles. The van der Waals surface area contributed by atoms with Crippen molar-refractivity contribution in [3.63, 3.8) is 0 Å². The molecule has 0 bridgehead atoms. The summed E-state index contributed by atoms with van der Waals surface area (Å²) in [6.07, 6.45) is 4.27. The summed E-state index contributed by atoms with van der Waals surface area (Å²) in [5.74, 6) is 1.94. The van der Waals surface area contributed by atoms with E-state index in [1.165, 1.54) is 6.33 Å². The molecule has 0 aromatic carbocycles. The van der Waals surface area contributed by atoms with Crippen molar-refractivity contribution in [2.24, 2.45) is 40.9 Å². The molecule has 31 heavy (non-hydrogen) atoms. The molecule has 172 valence electrons. The van der Waals surface area contributed by atoms with Gasteiger partial charge in [-0.15, -0.1) is 0 Å². The highest BCUT2D eigenvalue weighted by Crippen LogP contribution is 2.65. The van der Waals surface area contributed by atoms with Crippen LogP contribution in [0.15, 0.2) is 12.7 Å². The normalized spacial score (nSPS) is 44.9. The van der Waals surface area contributed by atoms with Gasteiger partial charge in [0.25, 0.3) is 0 Å². The number of aromatic nitrogens is 3. The summed E-state index contributed by atoms with van der Waals surface area (Å²) >= 11 is 0. The Balaban J connectivity index is 1.30. The van der Waals surface area contributed by atoms with Crippen molar-refractivity contribution in [2.75, 3.05) is 0 Å². The Bertz CT molecular complexity index is 829. The predicted octanol–water partition coefficient (Wildman–Crippen LogP) is 4.41. The smallest absolute Gasteiger partial charge is 0.380 e. The topological polar surface area (TPSA) is 68.0 Å². The lowest BCUT2D eigenvalue weighted by molar-refractivity contribution is -0.282. The Labute approximate surface area is 180 Å². The summed E-state index contributed by atoms with van der Waals surface area (Å²) in [6, 6.07) is 0. The largest absolute Gasteiger partial charge is 0.417 e. The zero-order valence-corrected chi connectivity index (χ0v) is 18.0. The van der Waals surface area contributed by atoms with E-state index in [0.717, 1.165) is 38.5 Å². The molecular weight excluding hydrogens is 407 g/mol. The van der Waals surface area contributed by atoms with E-state index in [-0.39, 0.29) is 48.3 Å². The van der Waals surface area contributed by atoms with E-state index < -0.39 is 11.8 Å². The summed E-state index contributed by atoms with van der Waals surface area (Å²) < 4.78 is 41.8. The van der Waals surface area contributed by atoms with Gasteiger partial charge in [-0.25, -0.2) is 9.67 Å². The molecule has 4 saturated carbocycles. The fraction of sp³-hybridized carbons (Fsp3) is 0.870. The first kappa shape index (κ1) is 21.4. The first-order chi connectivity index (χ1) is 14.6. The van der Waals surface area contributed by atoms with Crippen LogP contribution in [0.1, 0.15) is 64.7 Å². The fourth-order valence-corrected chi connectivity index (χ4v) is 8.25. The monoisotopic (exact) mass is 439 g/mol. The minimum atomic E-state index is -4.54. The zero-order chi connectivity index (χ0) is 22.0.